The van der Waals surface area contributed by atoms with Gasteiger partial charge in [0.1, 0.15) is 0 Å². The van der Waals surface area contributed by atoms with Gasteiger partial charge in [0.15, 0.2) is 0 Å². The summed E-state index contributed by atoms with van der Waals surface area (Å²) in [6.45, 7) is 1.17. The molecular formula is C17H20BrNS. The highest BCUT2D eigenvalue weighted by Crippen LogP contribution is 2.21. The van der Waals surface area contributed by atoms with Crippen LogP contribution in [0.15, 0.2) is 57.9 Å². The zero-order valence-corrected chi connectivity index (χ0v) is 14.4. The fourth-order valence-electron chi connectivity index (χ4n) is 1.76. The first kappa shape index (κ1) is 15.6. The SMILES string of the molecule is CN(C)CCCSc1ccc(Br)cc1.c1cc2ccc1=2. The predicted molar refractivity (Wildman–Crippen MR) is 92.2 cm³/mol. The molecule has 0 atom stereocenters. The molecule has 0 spiro atoms. The molecule has 0 N–H and O–H groups in total. The molecule has 3 heteroatoms. The molecule has 3 rings (SSSR count). The highest BCUT2D eigenvalue weighted by Gasteiger charge is 1.95. The Balaban J connectivity index is 0.000000198. The summed E-state index contributed by atoms with van der Waals surface area (Å²) in [7, 11) is 4.23. The van der Waals surface area contributed by atoms with Crippen LogP contribution >= 0.6 is 27.7 Å². The summed E-state index contributed by atoms with van der Waals surface area (Å²) in [6, 6.07) is 17.0. The molecule has 1 aromatic rings. The number of nitrogens with zero attached hydrogens (tertiary/aromatic N) is 1. The second-order valence-electron chi connectivity index (χ2n) is 5.04. The van der Waals surface area contributed by atoms with Gasteiger partial charge >= 0.3 is 0 Å². The van der Waals surface area contributed by atoms with E-state index in [9.17, 15) is 0 Å². The Morgan fingerprint density at radius 1 is 0.900 bits per heavy atom. The minimum absolute atomic E-state index is 1.15. The quantitative estimate of drug-likeness (QED) is 0.481. The van der Waals surface area contributed by atoms with Crippen molar-refractivity contribution in [3.05, 3.63) is 63.4 Å². The topological polar surface area (TPSA) is 3.24 Å². The minimum Gasteiger partial charge on any atom is -0.309 e. The van der Waals surface area contributed by atoms with E-state index in [1.807, 2.05) is 11.8 Å². The number of rotatable bonds is 5. The average Bonchev–Trinajstić information content (AvgIpc) is 2.41. The number of hydrogen-bond acceptors (Lipinski definition) is 2. The van der Waals surface area contributed by atoms with Gasteiger partial charge in [0, 0.05) is 9.37 Å². The molecule has 2 aliphatic rings. The van der Waals surface area contributed by atoms with Crippen LogP contribution in [0, 0.1) is 10.4 Å². The Labute approximate surface area is 133 Å². The summed E-state index contributed by atoms with van der Waals surface area (Å²) in [5.74, 6) is 1.19. The predicted octanol–water partition coefficient (Wildman–Crippen LogP) is 4.78. The Morgan fingerprint density at radius 2 is 1.45 bits per heavy atom. The normalized spacial score (nSPS) is 11.0. The van der Waals surface area contributed by atoms with E-state index >= 15 is 0 Å². The Bertz CT molecular complexity index is 572. The molecule has 0 radical (unpaired) electrons. The number of benzene rings is 2. The molecule has 2 aliphatic carbocycles. The standard InChI is InChI=1S/C11H16BrNS.C6H4/c1-13(2)8-3-9-14-11-6-4-10(12)5-7-11;1-2-6-4-3-5(1)6/h4-7H,3,8-9H2,1-2H3;1-4H. The van der Waals surface area contributed by atoms with Gasteiger partial charge in [-0.2, -0.15) is 0 Å². The highest BCUT2D eigenvalue weighted by atomic mass is 79.9. The first-order chi connectivity index (χ1) is 9.65. The third-order valence-electron chi connectivity index (χ3n) is 3.05. The maximum absolute atomic E-state index is 3.43. The van der Waals surface area contributed by atoms with E-state index in [0.717, 1.165) is 4.47 Å². The van der Waals surface area contributed by atoms with Gasteiger partial charge < -0.3 is 4.90 Å². The minimum atomic E-state index is 1.15. The van der Waals surface area contributed by atoms with Crippen LogP contribution in [0.3, 0.4) is 0 Å². The second-order valence-corrected chi connectivity index (χ2v) is 7.12. The zero-order chi connectivity index (χ0) is 14.4. The van der Waals surface area contributed by atoms with E-state index in [2.05, 4.69) is 83.5 Å². The molecule has 106 valence electrons. The van der Waals surface area contributed by atoms with Crippen molar-refractivity contribution in [2.75, 3.05) is 26.4 Å². The summed E-state index contributed by atoms with van der Waals surface area (Å²) in [5, 5.41) is 2.85. The summed E-state index contributed by atoms with van der Waals surface area (Å²) >= 11 is 5.35. The summed E-state index contributed by atoms with van der Waals surface area (Å²) in [6.07, 6.45) is 1.24. The van der Waals surface area contributed by atoms with Gasteiger partial charge in [-0.05, 0) is 67.5 Å². The average molecular weight is 350 g/mol. The van der Waals surface area contributed by atoms with Crippen molar-refractivity contribution < 1.29 is 0 Å². The molecule has 0 saturated heterocycles. The Kier molecular flexibility index (Phi) is 6.14. The Hall–Kier alpha value is -0.770. The summed E-state index contributed by atoms with van der Waals surface area (Å²) < 4.78 is 1.15. The molecule has 0 amide bonds. The second kappa shape index (κ2) is 7.87. The largest absolute Gasteiger partial charge is 0.309 e. The maximum Gasteiger partial charge on any atom is 0.0176 e. The zero-order valence-electron chi connectivity index (χ0n) is 12.0. The molecule has 0 aromatic heterocycles. The third-order valence-corrected chi connectivity index (χ3v) is 4.68. The van der Waals surface area contributed by atoms with Gasteiger partial charge in [0.25, 0.3) is 0 Å². The fraction of sp³-hybridized carbons (Fsp3) is 0.294. The number of thioether (sulfide) groups is 1. The van der Waals surface area contributed by atoms with Gasteiger partial charge in [-0.25, -0.2) is 0 Å². The molecule has 0 bridgehead atoms. The lowest BCUT2D eigenvalue weighted by Crippen LogP contribution is -2.13. The van der Waals surface area contributed by atoms with Gasteiger partial charge in [-0.15, -0.1) is 11.8 Å². The van der Waals surface area contributed by atoms with Crippen LogP contribution in [0.5, 0.6) is 0 Å². The van der Waals surface area contributed by atoms with Crippen LogP contribution in [0.2, 0.25) is 0 Å². The van der Waals surface area contributed by atoms with Crippen LogP contribution in [-0.2, 0) is 0 Å². The first-order valence-corrected chi connectivity index (χ1v) is 8.56. The van der Waals surface area contributed by atoms with Crippen LogP contribution in [0.4, 0.5) is 0 Å². The van der Waals surface area contributed by atoms with Crippen LogP contribution in [0.25, 0.3) is 0 Å². The van der Waals surface area contributed by atoms with E-state index < -0.39 is 0 Å². The first-order valence-electron chi connectivity index (χ1n) is 6.79. The van der Waals surface area contributed by atoms with E-state index in [4.69, 9.17) is 0 Å². The van der Waals surface area contributed by atoms with E-state index in [1.54, 1.807) is 0 Å². The number of hydrogen-bond donors (Lipinski definition) is 0. The van der Waals surface area contributed by atoms with E-state index in [-0.39, 0.29) is 0 Å². The Morgan fingerprint density at radius 3 is 1.85 bits per heavy atom. The van der Waals surface area contributed by atoms with Gasteiger partial charge in [0.2, 0.25) is 0 Å². The van der Waals surface area contributed by atoms with Crippen molar-refractivity contribution in [2.45, 2.75) is 11.3 Å². The van der Waals surface area contributed by atoms with Crippen molar-refractivity contribution in [2.24, 2.45) is 0 Å². The molecule has 0 heterocycles. The van der Waals surface area contributed by atoms with Crippen molar-refractivity contribution in [1.82, 2.24) is 4.90 Å². The maximum atomic E-state index is 3.43. The lowest BCUT2D eigenvalue weighted by atomic mass is 10.1. The molecule has 0 aliphatic heterocycles. The molecular weight excluding hydrogens is 330 g/mol. The lowest BCUT2D eigenvalue weighted by molar-refractivity contribution is 0.410. The van der Waals surface area contributed by atoms with Crippen molar-refractivity contribution in [1.29, 1.82) is 0 Å². The van der Waals surface area contributed by atoms with Crippen LogP contribution in [0.1, 0.15) is 6.42 Å². The van der Waals surface area contributed by atoms with Crippen molar-refractivity contribution in [3.8, 4) is 0 Å². The molecule has 0 fully saturated rings. The third kappa shape index (κ3) is 4.97. The van der Waals surface area contributed by atoms with Crippen molar-refractivity contribution in [3.63, 3.8) is 0 Å². The molecule has 20 heavy (non-hydrogen) atoms. The summed E-state index contributed by atoms with van der Waals surface area (Å²) in [5.41, 5.74) is 0. The van der Waals surface area contributed by atoms with E-state index in [1.165, 1.54) is 34.1 Å². The smallest absolute Gasteiger partial charge is 0.0176 e. The number of halogens is 1. The lowest BCUT2D eigenvalue weighted by Gasteiger charge is -2.08. The van der Waals surface area contributed by atoms with E-state index in [0.29, 0.717) is 0 Å². The van der Waals surface area contributed by atoms with Crippen LogP contribution in [-0.4, -0.2) is 31.3 Å². The van der Waals surface area contributed by atoms with Gasteiger partial charge in [0.05, 0.1) is 0 Å². The van der Waals surface area contributed by atoms with Gasteiger partial charge in [-0.1, -0.05) is 40.2 Å². The highest BCUT2D eigenvalue weighted by molar-refractivity contribution is 9.10. The molecule has 1 nitrogen and oxygen atoms in total. The van der Waals surface area contributed by atoms with Crippen molar-refractivity contribution >= 4 is 27.7 Å². The van der Waals surface area contributed by atoms with Gasteiger partial charge in [-0.3, -0.25) is 0 Å². The monoisotopic (exact) mass is 349 g/mol. The molecule has 1 aromatic carbocycles. The molecule has 0 saturated carbocycles. The summed E-state index contributed by atoms with van der Waals surface area (Å²) in [4.78, 5) is 3.58. The molecule has 0 unspecified atom stereocenters. The fourth-order valence-corrected chi connectivity index (χ4v) is 2.87. The van der Waals surface area contributed by atoms with Crippen LogP contribution < -0.4 is 0 Å².